The van der Waals surface area contributed by atoms with Crippen LogP contribution in [0.15, 0.2) is 35.7 Å². The number of hydrogen-bond acceptors (Lipinski definition) is 7. The lowest BCUT2D eigenvalue weighted by Crippen LogP contribution is -2.47. The Balaban J connectivity index is 1.45. The lowest BCUT2D eigenvalue weighted by molar-refractivity contribution is 0.0331. The van der Waals surface area contributed by atoms with E-state index in [1.165, 1.54) is 35.9 Å². The number of nitrogens with zero attached hydrogens (tertiary/aromatic N) is 5. The largest absolute Gasteiger partial charge is 0.379 e. The van der Waals surface area contributed by atoms with E-state index in [1.807, 2.05) is 0 Å². The molecule has 3 saturated heterocycles. The second-order valence-corrected chi connectivity index (χ2v) is 10.3. The van der Waals surface area contributed by atoms with Crippen molar-refractivity contribution in [3.05, 3.63) is 41.5 Å². The van der Waals surface area contributed by atoms with E-state index in [4.69, 9.17) is 14.7 Å². The maximum Gasteiger partial charge on any atom is 0.146 e. The van der Waals surface area contributed by atoms with E-state index in [9.17, 15) is 0 Å². The molecule has 6 nitrogen and oxygen atoms in total. The minimum atomic E-state index is 0.548. The average Bonchev–Trinajstić information content (AvgIpc) is 3.44. The summed E-state index contributed by atoms with van der Waals surface area (Å²) in [4.78, 5) is 19.0. The Hall–Kier alpha value is -2.06. The lowest BCUT2D eigenvalue weighted by Gasteiger charge is -2.37. The summed E-state index contributed by atoms with van der Waals surface area (Å²) >= 11 is 1.76. The number of likely N-dealkylation sites (tertiary alicyclic amines) is 1. The van der Waals surface area contributed by atoms with Gasteiger partial charge in [0, 0.05) is 43.2 Å². The first-order chi connectivity index (χ1) is 15.8. The second kappa shape index (κ2) is 8.71. The molecule has 3 aliphatic heterocycles. The molecule has 3 aromatic rings. The zero-order valence-corrected chi connectivity index (χ0v) is 19.6. The Morgan fingerprint density at radius 1 is 1.03 bits per heavy atom. The van der Waals surface area contributed by atoms with Crippen LogP contribution in [-0.2, 0) is 11.3 Å². The molecule has 6 rings (SSSR count). The summed E-state index contributed by atoms with van der Waals surface area (Å²) in [6.45, 7) is 7.74. The van der Waals surface area contributed by atoms with Crippen molar-refractivity contribution in [1.29, 1.82) is 0 Å². The van der Waals surface area contributed by atoms with Crippen molar-refractivity contribution < 1.29 is 4.74 Å². The molecule has 0 amide bonds. The molecular weight excluding hydrogens is 418 g/mol. The number of morpholine rings is 1. The molecule has 0 unspecified atom stereocenters. The van der Waals surface area contributed by atoms with Crippen LogP contribution in [0, 0.1) is 5.92 Å². The van der Waals surface area contributed by atoms with Gasteiger partial charge in [0.25, 0.3) is 0 Å². The van der Waals surface area contributed by atoms with Crippen molar-refractivity contribution in [2.45, 2.75) is 25.4 Å². The zero-order valence-electron chi connectivity index (χ0n) is 18.7. The second-order valence-electron chi connectivity index (χ2n) is 9.41. The number of aromatic nitrogens is 2. The van der Waals surface area contributed by atoms with Gasteiger partial charge in [-0.15, -0.1) is 11.3 Å². The molecule has 5 heterocycles. The van der Waals surface area contributed by atoms with Crippen LogP contribution in [0.1, 0.15) is 18.7 Å². The monoisotopic (exact) mass is 449 g/mol. The first-order valence-corrected chi connectivity index (χ1v) is 12.7. The van der Waals surface area contributed by atoms with Gasteiger partial charge in [0.1, 0.15) is 16.5 Å². The molecular formula is C25H31N5OS. The average molecular weight is 450 g/mol. The third kappa shape index (κ3) is 3.81. The summed E-state index contributed by atoms with van der Waals surface area (Å²) in [5.74, 6) is 2.88. The summed E-state index contributed by atoms with van der Waals surface area (Å²) in [5, 5.41) is 3.51. The third-order valence-corrected chi connectivity index (χ3v) is 8.22. The number of benzene rings is 1. The molecule has 3 fully saturated rings. The number of fused-ring (bicyclic) bond motifs is 2. The highest BCUT2D eigenvalue weighted by atomic mass is 32.1. The first kappa shape index (κ1) is 20.5. The van der Waals surface area contributed by atoms with E-state index in [0.29, 0.717) is 6.04 Å². The fourth-order valence-electron chi connectivity index (χ4n) is 5.60. The lowest BCUT2D eigenvalue weighted by atomic mass is 9.92. The molecule has 1 aromatic carbocycles. The third-order valence-electron chi connectivity index (χ3n) is 7.35. The van der Waals surface area contributed by atoms with Crippen molar-refractivity contribution in [3.8, 4) is 11.1 Å². The topological polar surface area (TPSA) is 44.7 Å². The fourth-order valence-corrected chi connectivity index (χ4v) is 6.56. The number of thiophene rings is 1. The highest BCUT2D eigenvalue weighted by molar-refractivity contribution is 7.17. The number of rotatable bonds is 4. The molecule has 0 spiro atoms. The van der Waals surface area contributed by atoms with Crippen LogP contribution in [0.2, 0.25) is 0 Å². The van der Waals surface area contributed by atoms with Crippen LogP contribution in [0.4, 0.5) is 5.82 Å². The van der Waals surface area contributed by atoms with Gasteiger partial charge in [0.2, 0.25) is 0 Å². The quantitative estimate of drug-likeness (QED) is 0.605. The standard InChI is InChI=1S/C25H31N5OS/c1-28-9-7-19-8-10-30(21(19)15-28)24-23-20(18-5-3-2-4-6-18)17-32-25(23)27-22(26-24)16-29-11-13-31-14-12-29/h2-6,17,19,21H,7-16H2,1H3/t19-,21+/m1/s1. The Kier molecular flexibility index (Phi) is 5.59. The van der Waals surface area contributed by atoms with Gasteiger partial charge in [-0.3, -0.25) is 4.90 Å². The van der Waals surface area contributed by atoms with Gasteiger partial charge >= 0.3 is 0 Å². The predicted octanol–water partition coefficient (Wildman–Crippen LogP) is 3.72. The normalized spacial score (nSPS) is 24.8. The van der Waals surface area contributed by atoms with Crippen molar-refractivity contribution in [2.75, 3.05) is 57.9 Å². The summed E-state index contributed by atoms with van der Waals surface area (Å²) in [5.41, 5.74) is 2.52. The van der Waals surface area contributed by atoms with Gasteiger partial charge in [0.05, 0.1) is 25.1 Å². The van der Waals surface area contributed by atoms with E-state index < -0.39 is 0 Å². The highest BCUT2D eigenvalue weighted by Gasteiger charge is 2.39. The molecule has 168 valence electrons. The molecule has 7 heteroatoms. The summed E-state index contributed by atoms with van der Waals surface area (Å²) in [6, 6.07) is 11.3. The van der Waals surface area contributed by atoms with Crippen LogP contribution in [-0.4, -0.2) is 78.8 Å². The van der Waals surface area contributed by atoms with Gasteiger partial charge < -0.3 is 14.5 Å². The highest BCUT2D eigenvalue weighted by Crippen LogP contribution is 2.42. The Labute approximate surface area is 193 Å². The van der Waals surface area contributed by atoms with Crippen molar-refractivity contribution in [2.24, 2.45) is 5.92 Å². The number of anilines is 1. The molecule has 0 saturated carbocycles. The SMILES string of the molecule is CN1CC[C@@H]2CCN(c3nc(CN4CCOCC4)nc4scc(-c5ccccc5)c34)[C@H]2C1. The van der Waals surface area contributed by atoms with Crippen LogP contribution in [0.3, 0.4) is 0 Å². The van der Waals surface area contributed by atoms with E-state index in [1.54, 1.807) is 11.3 Å². The fraction of sp³-hybridized carbons (Fsp3) is 0.520. The summed E-state index contributed by atoms with van der Waals surface area (Å²) < 4.78 is 5.54. The molecule has 2 aromatic heterocycles. The van der Waals surface area contributed by atoms with E-state index >= 15 is 0 Å². The minimum absolute atomic E-state index is 0.548. The molecule has 0 bridgehead atoms. The van der Waals surface area contributed by atoms with Gasteiger partial charge in [-0.1, -0.05) is 30.3 Å². The summed E-state index contributed by atoms with van der Waals surface area (Å²) in [7, 11) is 2.26. The van der Waals surface area contributed by atoms with Crippen LogP contribution in [0.25, 0.3) is 21.3 Å². The van der Waals surface area contributed by atoms with E-state index in [0.717, 1.165) is 68.3 Å². The summed E-state index contributed by atoms with van der Waals surface area (Å²) in [6.07, 6.45) is 2.56. The Morgan fingerprint density at radius 2 is 1.84 bits per heavy atom. The van der Waals surface area contributed by atoms with E-state index in [-0.39, 0.29) is 0 Å². The van der Waals surface area contributed by atoms with Crippen molar-refractivity contribution in [3.63, 3.8) is 0 Å². The maximum atomic E-state index is 5.54. The molecule has 32 heavy (non-hydrogen) atoms. The molecule has 0 aliphatic carbocycles. The maximum absolute atomic E-state index is 5.54. The first-order valence-electron chi connectivity index (χ1n) is 11.8. The van der Waals surface area contributed by atoms with Gasteiger partial charge in [-0.2, -0.15) is 0 Å². The van der Waals surface area contributed by atoms with Crippen LogP contribution in [0.5, 0.6) is 0 Å². The number of likely N-dealkylation sites (N-methyl/N-ethyl adjacent to an activating group) is 1. The van der Waals surface area contributed by atoms with Gasteiger partial charge in [-0.05, 0) is 37.9 Å². The number of hydrogen-bond donors (Lipinski definition) is 0. The van der Waals surface area contributed by atoms with Gasteiger partial charge in [0.15, 0.2) is 0 Å². The number of ether oxygens (including phenoxy) is 1. The van der Waals surface area contributed by atoms with Crippen LogP contribution >= 0.6 is 11.3 Å². The van der Waals surface area contributed by atoms with Crippen molar-refractivity contribution >= 4 is 27.4 Å². The Bertz CT molecular complexity index is 1080. The molecule has 0 radical (unpaired) electrons. The predicted molar refractivity (Wildman–Crippen MR) is 130 cm³/mol. The molecule has 0 N–H and O–H groups in total. The van der Waals surface area contributed by atoms with Gasteiger partial charge in [-0.25, -0.2) is 9.97 Å². The molecule has 2 atom stereocenters. The minimum Gasteiger partial charge on any atom is -0.379 e. The molecule has 3 aliphatic rings. The van der Waals surface area contributed by atoms with E-state index in [2.05, 4.69) is 57.5 Å². The zero-order chi connectivity index (χ0) is 21.5. The number of piperidine rings is 1. The van der Waals surface area contributed by atoms with Crippen LogP contribution < -0.4 is 4.90 Å². The smallest absolute Gasteiger partial charge is 0.146 e. The Morgan fingerprint density at radius 3 is 2.69 bits per heavy atom. The van der Waals surface area contributed by atoms with Crippen molar-refractivity contribution in [1.82, 2.24) is 19.8 Å².